The zero-order valence-electron chi connectivity index (χ0n) is 17.3. The maximum Gasteiger partial charge on any atom is 0.275 e. The lowest BCUT2D eigenvalue weighted by Gasteiger charge is -2.57. The Morgan fingerprint density at radius 2 is 1.90 bits per heavy atom. The van der Waals surface area contributed by atoms with Gasteiger partial charge in [-0.25, -0.2) is 14.4 Å². The molecule has 2 bridgehead atoms. The van der Waals surface area contributed by atoms with Crippen LogP contribution in [0.25, 0.3) is 5.69 Å². The molecule has 2 atom stereocenters. The van der Waals surface area contributed by atoms with Crippen LogP contribution in [0.15, 0.2) is 42.9 Å². The van der Waals surface area contributed by atoms with Crippen LogP contribution in [0.5, 0.6) is 5.75 Å². The molecule has 3 fully saturated rings. The Bertz CT molecular complexity index is 1080. The Kier molecular flexibility index (Phi) is 4.88. The number of carbonyl (C=O) groups is 1. The van der Waals surface area contributed by atoms with Gasteiger partial charge in [0.1, 0.15) is 29.7 Å². The van der Waals surface area contributed by atoms with Crippen molar-refractivity contribution in [2.24, 2.45) is 11.8 Å². The summed E-state index contributed by atoms with van der Waals surface area (Å²) in [6, 6.07) is 5.99. The molecule has 1 aromatic carbocycles. The van der Waals surface area contributed by atoms with Crippen molar-refractivity contribution in [2.75, 3.05) is 6.61 Å². The first kappa shape index (κ1) is 19.6. The molecular formula is C22H23FN6O2. The van der Waals surface area contributed by atoms with Crippen molar-refractivity contribution in [1.82, 2.24) is 29.9 Å². The molecule has 3 aliphatic rings. The summed E-state index contributed by atoms with van der Waals surface area (Å²) < 4.78 is 19.2. The SMILES string of the molecule is Cc1ncc(-n2nccn2)c(C(=O)N2C3CC(C3)[C@@H](C)[C@H]2COc2ccc(F)cc2)n1. The summed E-state index contributed by atoms with van der Waals surface area (Å²) in [5.41, 5.74) is 0.737. The Labute approximate surface area is 179 Å². The molecule has 2 aromatic heterocycles. The molecule has 6 rings (SSSR count). The average molecular weight is 422 g/mol. The van der Waals surface area contributed by atoms with E-state index in [0.29, 0.717) is 29.8 Å². The van der Waals surface area contributed by atoms with E-state index in [1.807, 2.05) is 4.90 Å². The van der Waals surface area contributed by atoms with Crippen LogP contribution in [0.2, 0.25) is 0 Å². The highest BCUT2D eigenvalue weighted by Gasteiger charge is 2.51. The van der Waals surface area contributed by atoms with E-state index in [1.54, 1.807) is 37.6 Å². The third-order valence-electron chi connectivity index (χ3n) is 6.45. The third-order valence-corrected chi connectivity index (χ3v) is 6.45. The second-order valence-electron chi connectivity index (χ2n) is 8.26. The maximum atomic E-state index is 13.8. The summed E-state index contributed by atoms with van der Waals surface area (Å²) in [6.45, 7) is 4.26. The smallest absolute Gasteiger partial charge is 0.275 e. The summed E-state index contributed by atoms with van der Waals surface area (Å²) in [5.74, 6) is 1.48. The van der Waals surface area contributed by atoms with Gasteiger partial charge in [0.05, 0.1) is 24.6 Å². The molecule has 0 radical (unpaired) electrons. The van der Waals surface area contributed by atoms with E-state index in [4.69, 9.17) is 4.74 Å². The van der Waals surface area contributed by atoms with E-state index in [0.717, 1.165) is 12.8 Å². The number of aromatic nitrogens is 5. The number of aryl methyl sites for hydroxylation is 1. The van der Waals surface area contributed by atoms with Crippen LogP contribution in [-0.2, 0) is 0 Å². The van der Waals surface area contributed by atoms with Crippen molar-refractivity contribution in [3.63, 3.8) is 0 Å². The predicted octanol–water partition coefficient (Wildman–Crippen LogP) is 2.82. The van der Waals surface area contributed by atoms with E-state index in [1.165, 1.54) is 16.9 Å². The van der Waals surface area contributed by atoms with E-state index in [2.05, 4.69) is 27.1 Å². The molecule has 160 valence electrons. The molecular weight excluding hydrogens is 399 g/mol. The number of hydrogen-bond donors (Lipinski definition) is 0. The lowest BCUT2D eigenvalue weighted by atomic mass is 9.64. The monoisotopic (exact) mass is 422 g/mol. The quantitative estimate of drug-likeness (QED) is 0.629. The van der Waals surface area contributed by atoms with Gasteiger partial charge in [0.25, 0.3) is 5.91 Å². The molecule has 2 aliphatic heterocycles. The minimum absolute atomic E-state index is 0.108. The fraction of sp³-hybridized carbons (Fsp3) is 0.409. The summed E-state index contributed by atoms with van der Waals surface area (Å²) >= 11 is 0. The number of piperidine rings is 2. The first-order chi connectivity index (χ1) is 15.0. The van der Waals surface area contributed by atoms with Gasteiger partial charge >= 0.3 is 0 Å². The second-order valence-corrected chi connectivity index (χ2v) is 8.26. The number of hydrogen-bond acceptors (Lipinski definition) is 6. The van der Waals surface area contributed by atoms with Gasteiger partial charge in [0.15, 0.2) is 5.69 Å². The van der Waals surface area contributed by atoms with E-state index in [-0.39, 0.29) is 35.4 Å². The highest BCUT2D eigenvalue weighted by atomic mass is 19.1. The van der Waals surface area contributed by atoms with Crippen molar-refractivity contribution in [2.45, 2.75) is 38.8 Å². The molecule has 0 spiro atoms. The zero-order valence-corrected chi connectivity index (χ0v) is 17.3. The molecule has 2 saturated heterocycles. The Balaban J connectivity index is 1.45. The third kappa shape index (κ3) is 3.54. The number of carbonyl (C=O) groups excluding carboxylic acids is 1. The maximum absolute atomic E-state index is 13.8. The number of nitrogens with zero attached hydrogens (tertiary/aromatic N) is 6. The lowest BCUT2D eigenvalue weighted by Crippen LogP contribution is -2.64. The van der Waals surface area contributed by atoms with Crippen molar-refractivity contribution in [3.05, 3.63) is 60.2 Å². The number of amides is 1. The Hall–Kier alpha value is -3.36. The molecule has 0 unspecified atom stereocenters. The van der Waals surface area contributed by atoms with Crippen molar-refractivity contribution < 1.29 is 13.9 Å². The summed E-state index contributed by atoms with van der Waals surface area (Å²) in [7, 11) is 0. The lowest BCUT2D eigenvalue weighted by molar-refractivity contribution is -0.0673. The number of rotatable bonds is 5. The second kappa shape index (κ2) is 7.72. The van der Waals surface area contributed by atoms with Crippen LogP contribution in [0.4, 0.5) is 4.39 Å². The van der Waals surface area contributed by atoms with E-state index < -0.39 is 0 Å². The number of fused-ring (bicyclic) bond motifs is 2. The zero-order chi connectivity index (χ0) is 21.5. The van der Waals surface area contributed by atoms with Crippen LogP contribution < -0.4 is 4.74 Å². The first-order valence-corrected chi connectivity index (χ1v) is 10.4. The first-order valence-electron chi connectivity index (χ1n) is 10.4. The molecule has 1 amide bonds. The van der Waals surface area contributed by atoms with Gasteiger partial charge in [0, 0.05) is 6.04 Å². The largest absolute Gasteiger partial charge is 0.491 e. The normalized spacial score (nSPS) is 24.5. The average Bonchev–Trinajstić information content (AvgIpc) is 3.27. The molecule has 8 nitrogen and oxygen atoms in total. The minimum atomic E-state index is -0.310. The van der Waals surface area contributed by atoms with Crippen LogP contribution in [0.1, 0.15) is 36.1 Å². The van der Waals surface area contributed by atoms with Gasteiger partial charge in [0.2, 0.25) is 0 Å². The number of halogens is 1. The van der Waals surface area contributed by atoms with Gasteiger partial charge in [-0.1, -0.05) is 6.92 Å². The fourth-order valence-corrected chi connectivity index (χ4v) is 4.62. The van der Waals surface area contributed by atoms with E-state index >= 15 is 0 Å². The van der Waals surface area contributed by atoms with E-state index in [9.17, 15) is 9.18 Å². The van der Waals surface area contributed by atoms with Gasteiger partial charge < -0.3 is 9.64 Å². The van der Waals surface area contributed by atoms with Crippen LogP contribution in [0.3, 0.4) is 0 Å². The summed E-state index contributed by atoms with van der Waals surface area (Å²) in [4.78, 5) is 25.8. The molecule has 0 N–H and O–H groups in total. The molecule has 1 aliphatic carbocycles. The van der Waals surface area contributed by atoms with Gasteiger partial charge in [-0.05, 0) is 55.9 Å². The highest BCUT2D eigenvalue weighted by molar-refractivity contribution is 5.96. The molecule has 31 heavy (non-hydrogen) atoms. The number of ether oxygens (including phenoxy) is 1. The molecule has 3 aromatic rings. The van der Waals surface area contributed by atoms with Crippen molar-refractivity contribution in [1.29, 1.82) is 0 Å². The summed E-state index contributed by atoms with van der Waals surface area (Å²) in [6.07, 6.45) is 6.65. The topological polar surface area (TPSA) is 86.0 Å². The standard InChI is InChI=1S/C22H23FN6O2/c1-13-15-9-17(10-15)28(20(13)12-31-18-5-3-16(23)4-6-18)22(30)21-19(11-24-14(2)27-21)29-25-7-8-26-29/h3-8,11,13,15,17,20H,9-10,12H2,1-2H3/t13-,15?,17?,20-/m1/s1. The molecule has 9 heteroatoms. The van der Waals surface area contributed by atoms with Crippen LogP contribution in [-0.4, -0.2) is 54.5 Å². The van der Waals surface area contributed by atoms with Gasteiger partial charge in [-0.2, -0.15) is 10.2 Å². The van der Waals surface area contributed by atoms with Gasteiger partial charge in [-0.15, -0.1) is 4.80 Å². The Morgan fingerprint density at radius 3 is 2.61 bits per heavy atom. The highest BCUT2D eigenvalue weighted by Crippen LogP contribution is 2.47. The molecule has 4 heterocycles. The Morgan fingerprint density at radius 1 is 1.19 bits per heavy atom. The number of benzene rings is 1. The van der Waals surface area contributed by atoms with Crippen LogP contribution in [0, 0.1) is 24.6 Å². The molecule has 1 saturated carbocycles. The summed E-state index contributed by atoms with van der Waals surface area (Å²) in [5, 5.41) is 8.30. The van der Waals surface area contributed by atoms with Gasteiger partial charge in [-0.3, -0.25) is 4.79 Å². The fourth-order valence-electron chi connectivity index (χ4n) is 4.62. The van der Waals surface area contributed by atoms with Crippen LogP contribution >= 0.6 is 0 Å². The predicted molar refractivity (Wildman–Crippen MR) is 109 cm³/mol. The van der Waals surface area contributed by atoms with Crippen molar-refractivity contribution >= 4 is 5.91 Å². The van der Waals surface area contributed by atoms with Crippen molar-refractivity contribution in [3.8, 4) is 11.4 Å². The minimum Gasteiger partial charge on any atom is -0.491 e.